The van der Waals surface area contributed by atoms with E-state index in [1.807, 2.05) is 13.8 Å². The first-order valence-electron chi connectivity index (χ1n) is 3.92. The molecule has 66 valence electrons. The molecule has 0 N–H and O–H groups in total. The molecule has 0 aliphatic heterocycles. The number of aryl methyl sites for hydroxylation is 2. The normalized spacial score (nSPS) is 10.3. The molecule has 0 saturated heterocycles. The minimum absolute atomic E-state index is 0.695. The van der Waals surface area contributed by atoms with Crippen LogP contribution in [0.3, 0.4) is 0 Å². The molecule has 5 heteroatoms. The molecule has 0 spiro atoms. The smallest absolute Gasteiger partial charge is 0.173 e. The molecule has 0 aromatic carbocycles. The monoisotopic (exact) mass is 175 g/mol. The molecular formula is C8H9N5. The minimum Gasteiger partial charge on any atom is -0.256 e. The fraction of sp³-hybridized carbons (Fsp3) is 0.250. The Kier molecular flexibility index (Phi) is 1.77. The van der Waals surface area contributed by atoms with E-state index in [2.05, 4.69) is 20.1 Å². The Morgan fingerprint density at radius 3 is 2.69 bits per heavy atom. The third kappa shape index (κ3) is 1.40. The van der Waals surface area contributed by atoms with Crippen LogP contribution < -0.4 is 0 Å². The lowest BCUT2D eigenvalue weighted by molar-refractivity contribution is 0.822. The molecule has 0 bridgehead atoms. The Morgan fingerprint density at radius 1 is 1.23 bits per heavy atom. The van der Waals surface area contributed by atoms with Crippen LogP contribution in [0.1, 0.15) is 11.4 Å². The van der Waals surface area contributed by atoms with Crippen LogP contribution in [-0.2, 0) is 0 Å². The first kappa shape index (κ1) is 7.85. The van der Waals surface area contributed by atoms with Crippen molar-refractivity contribution in [2.75, 3.05) is 0 Å². The van der Waals surface area contributed by atoms with Crippen LogP contribution in [0.4, 0.5) is 0 Å². The van der Waals surface area contributed by atoms with Crippen molar-refractivity contribution in [2.24, 2.45) is 0 Å². The van der Waals surface area contributed by atoms with Gasteiger partial charge < -0.3 is 0 Å². The summed E-state index contributed by atoms with van der Waals surface area (Å²) in [6, 6.07) is 0. The van der Waals surface area contributed by atoms with E-state index in [1.54, 1.807) is 17.2 Å². The zero-order chi connectivity index (χ0) is 9.26. The Bertz CT molecular complexity index is 406. The summed E-state index contributed by atoms with van der Waals surface area (Å²) in [5.74, 6) is 0.695. The third-order valence-corrected chi connectivity index (χ3v) is 1.83. The molecule has 2 heterocycles. The maximum Gasteiger partial charge on any atom is 0.173 e. The molecule has 0 atom stereocenters. The molecule has 0 amide bonds. The number of nitrogens with zero attached hydrogens (tertiary/aromatic N) is 5. The maximum absolute atomic E-state index is 4.31. The summed E-state index contributed by atoms with van der Waals surface area (Å²) in [6.07, 6.45) is 4.74. The van der Waals surface area contributed by atoms with Crippen molar-refractivity contribution in [1.82, 2.24) is 24.7 Å². The van der Waals surface area contributed by atoms with Crippen molar-refractivity contribution < 1.29 is 0 Å². The maximum atomic E-state index is 4.31. The van der Waals surface area contributed by atoms with E-state index < -0.39 is 0 Å². The Hall–Kier alpha value is -1.78. The predicted octanol–water partition coefficient (Wildman–Crippen LogP) is 0.674. The molecule has 0 fully saturated rings. The Labute approximate surface area is 75.5 Å². The van der Waals surface area contributed by atoms with Crippen molar-refractivity contribution in [3.8, 4) is 5.82 Å². The van der Waals surface area contributed by atoms with Gasteiger partial charge in [-0.1, -0.05) is 0 Å². The molecule has 2 aromatic heterocycles. The molecule has 0 aliphatic rings. The number of hydrogen-bond acceptors (Lipinski definition) is 4. The fourth-order valence-corrected chi connectivity index (χ4v) is 0.966. The lowest BCUT2D eigenvalue weighted by Gasteiger charge is -2.01. The first-order chi connectivity index (χ1) is 6.27. The van der Waals surface area contributed by atoms with Gasteiger partial charge in [-0.25, -0.2) is 14.6 Å². The highest BCUT2D eigenvalue weighted by Crippen LogP contribution is 2.03. The Morgan fingerprint density at radius 2 is 2.08 bits per heavy atom. The van der Waals surface area contributed by atoms with Gasteiger partial charge in [0.25, 0.3) is 0 Å². The lowest BCUT2D eigenvalue weighted by atomic mass is 10.3. The summed E-state index contributed by atoms with van der Waals surface area (Å²) in [5.41, 5.74) is 1.84. The van der Waals surface area contributed by atoms with E-state index in [1.165, 1.54) is 6.33 Å². The molecule has 0 radical (unpaired) electrons. The number of hydrogen-bond donors (Lipinski definition) is 0. The second kappa shape index (κ2) is 2.93. The van der Waals surface area contributed by atoms with Gasteiger partial charge in [0, 0.05) is 0 Å². The van der Waals surface area contributed by atoms with Crippen molar-refractivity contribution in [3.05, 3.63) is 30.2 Å². The minimum atomic E-state index is 0.695. The van der Waals surface area contributed by atoms with Gasteiger partial charge >= 0.3 is 0 Å². The Balaban J connectivity index is 2.49. The molecule has 0 unspecified atom stereocenters. The zero-order valence-corrected chi connectivity index (χ0v) is 7.47. The largest absolute Gasteiger partial charge is 0.256 e. The van der Waals surface area contributed by atoms with Gasteiger partial charge in [-0.05, 0) is 13.8 Å². The van der Waals surface area contributed by atoms with Crippen molar-refractivity contribution in [2.45, 2.75) is 13.8 Å². The summed E-state index contributed by atoms with van der Waals surface area (Å²) in [5, 5.41) is 3.96. The van der Waals surface area contributed by atoms with Crippen molar-refractivity contribution in [3.63, 3.8) is 0 Å². The fourth-order valence-electron chi connectivity index (χ4n) is 0.966. The highest BCUT2D eigenvalue weighted by atomic mass is 15.3. The summed E-state index contributed by atoms with van der Waals surface area (Å²) in [6.45, 7) is 3.84. The van der Waals surface area contributed by atoms with E-state index in [0.29, 0.717) is 5.82 Å². The van der Waals surface area contributed by atoms with Gasteiger partial charge in [0.1, 0.15) is 12.7 Å². The SMILES string of the molecule is Cc1ncc(-n2cncn2)nc1C. The molecule has 13 heavy (non-hydrogen) atoms. The number of aromatic nitrogens is 5. The van der Waals surface area contributed by atoms with Gasteiger partial charge in [-0.3, -0.25) is 4.98 Å². The second-order valence-corrected chi connectivity index (χ2v) is 2.74. The van der Waals surface area contributed by atoms with Crippen LogP contribution in [0.5, 0.6) is 0 Å². The van der Waals surface area contributed by atoms with Crippen LogP contribution in [0.25, 0.3) is 5.82 Å². The summed E-state index contributed by atoms with van der Waals surface area (Å²) in [4.78, 5) is 12.3. The highest BCUT2D eigenvalue weighted by molar-refractivity contribution is 5.20. The van der Waals surface area contributed by atoms with Gasteiger partial charge in [0.2, 0.25) is 0 Å². The van der Waals surface area contributed by atoms with Crippen LogP contribution in [0.15, 0.2) is 18.9 Å². The van der Waals surface area contributed by atoms with E-state index in [-0.39, 0.29) is 0 Å². The topological polar surface area (TPSA) is 56.5 Å². The quantitative estimate of drug-likeness (QED) is 0.639. The van der Waals surface area contributed by atoms with Crippen LogP contribution >= 0.6 is 0 Å². The zero-order valence-electron chi connectivity index (χ0n) is 7.47. The van der Waals surface area contributed by atoms with E-state index in [9.17, 15) is 0 Å². The lowest BCUT2D eigenvalue weighted by Crippen LogP contribution is -2.02. The average Bonchev–Trinajstić information content (AvgIpc) is 2.62. The molecule has 2 aromatic rings. The molecule has 0 aliphatic carbocycles. The molecule has 0 saturated carbocycles. The van der Waals surface area contributed by atoms with Gasteiger partial charge in [0.15, 0.2) is 5.82 Å². The van der Waals surface area contributed by atoms with E-state index in [0.717, 1.165) is 11.4 Å². The summed E-state index contributed by atoms with van der Waals surface area (Å²) in [7, 11) is 0. The van der Waals surface area contributed by atoms with Crippen LogP contribution in [-0.4, -0.2) is 24.7 Å². The highest BCUT2D eigenvalue weighted by Gasteiger charge is 2.01. The van der Waals surface area contributed by atoms with Crippen molar-refractivity contribution >= 4 is 0 Å². The third-order valence-electron chi connectivity index (χ3n) is 1.83. The number of rotatable bonds is 1. The standard InChI is InChI=1S/C8H9N5/c1-6-7(2)12-8(3-10-6)13-5-9-4-11-13/h3-5H,1-2H3. The second-order valence-electron chi connectivity index (χ2n) is 2.74. The average molecular weight is 175 g/mol. The molecular weight excluding hydrogens is 166 g/mol. The van der Waals surface area contributed by atoms with Gasteiger partial charge in [0.05, 0.1) is 17.6 Å². The van der Waals surface area contributed by atoms with E-state index in [4.69, 9.17) is 0 Å². The van der Waals surface area contributed by atoms with Crippen molar-refractivity contribution in [1.29, 1.82) is 0 Å². The van der Waals surface area contributed by atoms with Crippen LogP contribution in [0, 0.1) is 13.8 Å². The summed E-state index contributed by atoms with van der Waals surface area (Å²) < 4.78 is 1.58. The summed E-state index contributed by atoms with van der Waals surface area (Å²) >= 11 is 0. The van der Waals surface area contributed by atoms with Crippen LogP contribution in [0.2, 0.25) is 0 Å². The molecule has 5 nitrogen and oxygen atoms in total. The molecule has 2 rings (SSSR count). The first-order valence-corrected chi connectivity index (χ1v) is 3.92. The van der Waals surface area contributed by atoms with Gasteiger partial charge in [-0.2, -0.15) is 5.10 Å². The van der Waals surface area contributed by atoms with E-state index >= 15 is 0 Å². The van der Waals surface area contributed by atoms with Gasteiger partial charge in [-0.15, -0.1) is 0 Å². The predicted molar refractivity (Wildman–Crippen MR) is 46.4 cm³/mol.